The Morgan fingerprint density at radius 3 is 2.58 bits per heavy atom. The molecule has 0 radical (unpaired) electrons. The molecule has 0 bridgehead atoms. The number of imide groups is 1. The lowest BCUT2D eigenvalue weighted by atomic mass is 10.0. The van der Waals surface area contributed by atoms with Crippen LogP contribution < -0.4 is 10.6 Å². The first kappa shape index (κ1) is 26.2. The van der Waals surface area contributed by atoms with Gasteiger partial charge in [0.1, 0.15) is 11.1 Å². The lowest BCUT2D eigenvalue weighted by molar-refractivity contribution is -0.153. The van der Waals surface area contributed by atoms with Crippen LogP contribution in [0.3, 0.4) is 0 Å². The van der Waals surface area contributed by atoms with Crippen LogP contribution in [0.4, 0.5) is 9.59 Å². The molecule has 3 atom stereocenters. The number of nitrogens with one attached hydrogen (secondary N) is 2. The Morgan fingerprint density at radius 1 is 1.31 bits per heavy atom. The predicted octanol–water partition coefficient (Wildman–Crippen LogP) is -0.350. The molecular weight excluding hydrogens is 557 g/mol. The van der Waals surface area contributed by atoms with E-state index in [0.717, 1.165) is 34.3 Å². The number of carboxylic acids is 1. The van der Waals surface area contributed by atoms with Gasteiger partial charge in [-0.3, -0.25) is 14.5 Å². The molecule has 0 aromatic carbocycles. The van der Waals surface area contributed by atoms with E-state index >= 15 is 0 Å². The number of urea groups is 2. The number of sulfonamides is 1. The van der Waals surface area contributed by atoms with Crippen molar-refractivity contribution in [2.75, 3.05) is 31.4 Å². The topological polar surface area (TPSA) is 186 Å². The maximum absolute atomic E-state index is 13.4. The summed E-state index contributed by atoms with van der Waals surface area (Å²) in [6.07, 6.45) is 3.85. The SMILES string of the molecule is CS[C@@]1(NC(=O)C(NC(=O)N2CCN(S(C)(=O)=O)C2=O)c2cscn2)C(=O)N2C(C(=O)O)=CCS[C@H]21. The highest BCUT2D eigenvalue weighted by molar-refractivity contribution is 8.04. The van der Waals surface area contributed by atoms with Gasteiger partial charge in [0.15, 0.2) is 10.9 Å². The van der Waals surface area contributed by atoms with Gasteiger partial charge in [-0.05, 0) is 12.3 Å². The molecule has 36 heavy (non-hydrogen) atoms. The fourth-order valence-electron chi connectivity index (χ4n) is 3.90. The van der Waals surface area contributed by atoms with Crippen molar-refractivity contribution in [3.05, 3.63) is 28.4 Å². The Hall–Kier alpha value is -2.83. The molecule has 3 aliphatic rings. The molecule has 0 spiro atoms. The van der Waals surface area contributed by atoms with Crippen molar-refractivity contribution in [1.29, 1.82) is 0 Å². The van der Waals surface area contributed by atoms with Crippen molar-refractivity contribution in [3.8, 4) is 0 Å². The molecule has 18 heteroatoms. The van der Waals surface area contributed by atoms with Crippen LogP contribution in [0.1, 0.15) is 11.7 Å². The highest BCUT2D eigenvalue weighted by Gasteiger charge is 2.65. The van der Waals surface area contributed by atoms with Crippen LogP contribution in [0.15, 0.2) is 22.7 Å². The smallest absolute Gasteiger partial charge is 0.352 e. The minimum atomic E-state index is -3.88. The van der Waals surface area contributed by atoms with E-state index in [2.05, 4.69) is 15.6 Å². The average molecular weight is 577 g/mol. The number of carboxylic acid groups (broad SMARTS) is 1. The number of carbonyl (C=O) groups excluding carboxylic acids is 4. The summed E-state index contributed by atoms with van der Waals surface area (Å²) in [5, 5.41) is 15.3. The van der Waals surface area contributed by atoms with Gasteiger partial charge in [-0.2, -0.15) is 0 Å². The predicted molar refractivity (Wildman–Crippen MR) is 130 cm³/mol. The van der Waals surface area contributed by atoms with Gasteiger partial charge in [0.2, 0.25) is 10.0 Å². The third-order valence-electron chi connectivity index (χ3n) is 5.65. The standard InChI is InChI=1S/C18H20N6O8S4/c1-33-18(14(28)24-10(13(26)27)3-6-35-15(18)24)21-12(25)11(9-7-34-8-19-9)20-16(29)22-4-5-23(17(22)30)36(2,31)32/h3,7-8,11,15H,4-6H2,1-2H3,(H,20,29)(H,21,25)(H,26,27)/t11?,15-,18-/m0/s1. The fraction of sp³-hybridized carbons (Fsp3) is 0.444. The van der Waals surface area contributed by atoms with Gasteiger partial charge in [-0.25, -0.2) is 37.0 Å². The Morgan fingerprint density at radius 2 is 2.03 bits per heavy atom. The molecule has 3 aliphatic heterocycles. The Kier molecular flexibility index (Phi) is 6.97. The van der Waals surface area contributed by atoms with Crippen LogP contribution in [0.2, 0.25) is 0 Å². The number of fused-ring (bicyclic) bond motifs is 1. The highest BCUT2D eigenvalue weighted by Crippen LogP contribution is 2.49. The summed E-state index contributed by atoms with van der Waals surface area (Å²) in [7, 11) is -3.88. The van der Waals surface area contributed by atoms with E-state index in [-0.39, 0.29) is 24.5 Å². The number of thiazole rings is 1. The normalized spacial score (nSPS) is 24.6. The summed E-state index contributed by atoms with van der Waals surface area (Å²) in [6, 6.07) is -3.48. The lowest BCUT2D eigenvalue weighted by Gasteiger charge is -2.55. The first-order valence-corrected chi connectivity index (χ1v) is 15.2. The second kappa shape index (κ2) is 9.56. The molecule has 0 saturated carbocycles. The fourth-order valence-corrected chi connectivity index (χ4v) is 7.74. The third-order valence-corrected chi connectivity index (χ3v) is 9.93. The first-order chi connectivity index (χ1) is 16.9. The van der Waals surface area contributed by atoms with Crippen molar-refractivity contribution < 1.29 is 37.5 Å². The number of nitrogens with zero attached hydrogens (tertiary/aromatic N) is 4. The second-order valence-electron chi connectivity index (χ2n) is 7.75. The van der Waals surface area contributed by atoms with Gasteiger partial charge < -0.3 is 15.7 Å². The van der Waals surface area contributed by atoms with Crippen LogP contribution in [-0.4, -0.2) is 104 Å². The van der Waals surface area contributed by atoms with Crippen LogP contribution in [0, 0.1) is 0 Å². The maximum atomic E-state index is 13.4. The van der Waals surface area contributed by atoms with E-state index in [1.807, 2.05) is 0 Å². The minimum Gasteiger partial charge on any atom is -0.477 e. The summed E-state index contributed by atoms with van der Waals surface area (Å²) in [5.41, 5.74) is 1.39. The Balaban J connectivity index is 1.55. The zero-order valence-corrected chi connectivity index (χ0v) is 22.0. The van der Waals surface area contributed by atoms with Crippen molar-refractivity contribution in [3.63, 3.8) is 0 Å². The number of rotatable bonds is 7. The molecule has 1 aromatic rings. The number of thioether (sulfide) groups is 2. The molecule has 194 valence electrons. The molecule has 1 aromatic heterocycles. The molecular formula is C18H20N6O8S4. The number of carbonyl (C=O) groups is 5. The Bertz CT molecular complexity index is 1270. The minimum absolute atomic E-state index is 0.139. The van der Waals surface area contributed by atoms with Gasteiger partial charge in [0, 0.05) is 11.1 Å². The number of hydrogen-bond acceptors (Lipinski definition) is 11. The van der Waals surface area contributed by atoms with Gasteiger partial charge in [0.25, 0.3) is 11.8 Å². The van der Waals surface area contributed by atoms with Gasteiger partial charge in [0.05, 0.1) is 30.5 Å². The molecule has 4 heterocycles. The first-order valence-electron chi connectivity index (χ1n) is 10.2. The number of aliphatic carboxylic acids is 1. The van der Waals surface area contributed by atoms with Gasteiger partial charge in [-0.1, -0.05) is 0 Å². The van der Waals surface area contributed by atoms with Crippen molar-refractivity contribution in [2.24, 2.45) is 0 Å². The van der Waals surface area contributed by atoms with Crippen molar-refractivity contribution in [2.45, 2.75) is 16.3 Å². The average Bonchev–Trinajstić information content (AvgIpc) is 3.49. The zero-order valence-electron chi connectivity index (χ0n) is 18.7. The molecule has 14 nitrogen and oxygen atoms in total. The van der Waals surface area contributed by atoms with Crippen LogP contribution in [0.25, 0.3) is 0 Å². The number of aromatic nitrogens is 1. The van der Waals surface area contributed by atoms with E-state index in [9.17, 15) is 37.5 Å². The summed E-state index contributed by atoms with van der Waals surface area (Å²) in [6.45, 7) is -0.439. The Labute approximate surface area is 217 Å². The van der Waals surface area contributed by atoms with E-state index in [1.54, 1.807) is 6.26 Å². The molecule has 2 saturated heterocycles. The quantitative estimate of drug-likeness (QED) is 0.284. The molecule has 0 aliphatic carbocycles. The summed E-state index contributed by atoms with van der Waals surface area (Å²) in [4.78, 5) is 67.7. The monoisotopic (exact) mass is 576 g/mol. The highest BCUT2D eigenvalue weighted by atomic mass is 32.2. The van der Waals surface area contributed by atoms with Gasteiger partial charge in [-0.15, -0.1) is 34.9 Å². The second-order valence-corrected chi connectivity index (χ2v) is 12.5. The summed E-state index contributed by atoms with van der Waals surface area (Å²) in [5.74, 6) is -2.39. The van der Waals surface area contributed by atoms with Crippen LogP contribution in [0.5, 0.6) is 0 Å². The van der Waals surface area contributed by atoms with Gasteiger partial charge >= 0.3 is 18.0 Å². The van der Waals surface area contributed by atoms with Crippen molar-refractivity contribution in [1.82, 2.24) is 29.7 Å². The van der Waals surface area contributed by atoms with Crippen LogP contribution in [-0.2, 0) is 24.4 Å². The molecule has 2 fully saturated rings. The largest absolute Gasteiger partial charge is 0.477 e. The number of hydrogen-bond donors (Lipinski definition) is 3. The molecule has 3 N–H and O–H groups in total. The maximum Gasteiger partial charge on any atom is 0.352 e. The summed E-state index contributed by atoms with van der Waals surface area (Å²) >= 11 is 3.44. The molecule has 4 rings (SSSR count). The van der Waals surface area contributed by atoms with E-state index < -0.39 is 56.2 Å². The number of β-lactam (4-membered cyclic amide) rings is 1. The zero-order chi connectivity index (χ0) is 26.4. The van der Waals surface area contributed by atoms with E-state index in [0.29, 0.717) is 15.0 Å². The van der Waals surface area contributed by atoms with E-state index in [4.69, 9.17) is 0 Å². The molecule has 6 amide bonds. The molecule has 1 unspecified atom stereocenters. The summed E-state index contributed by atoms with van der Waals surface area (Å²) < 4.78 is 24.1. The van der Waals surface area contributed by atoms with Crippen LogP contribution >= 0.6 is 34.9 Å². The van der Waals surface area contributed by atoms with Crippen molar-refractivity contribution >= 4 is 74.7 Å². The lowest BCUT2D eigenvalue weighted by Crippen LogP contribution is -2.78. The third kappa shape index (κ3) is 4.31. The van der Waals surface area contributed by atoms with E-state index in [1.165, 1.54) is 28.7 Å². The number of amides is 6.